The van der Waals surface area contributed by atoms with Crippen LogP contribution in [0.2, 0.25) is 0 Å². The summed E-state index contributed by atoms with van der Waals surface area (Å²) in [6.45, 7) is 7.81. The minimum atomic E-state index is -0.630. The Balaban J connectivity index is 1.84. The quantitative estimate of drug-likeness (QED) is 0.773. The van der Waals surface area contributed by atoms with Crippen LogP contribution in [0.25, 0.3) is 0 Å². The van der Waals surface area contributed by atoms with E-state index in [2.05, 4.69) is 18.7 Å². The van der Waals surface area contributed by atoms with Crippen molar-refractivity contribution in [1.82, 2.24) is 4.90 Å². The third kappa shape index (κ3) is 2.33. The first kappa shape index (κ1) is 10.9. The molecule has 2 aliphatic rings. The first-order valence-corrected chi connectivity index (χ1v) is 5.85. The highest BCUT2D eigenvalue weighted by molar-refractivity contribution is 5.68. The van der Waals surface area contributed by atoms with Crippen LogP contribution in [0.15, 0.2) is 0 Å². The maximum absolute atomic E-state index is 10.8. The number of hydrogen-bond donors (Lipinski definition) is 1. The van der Waals surface area contributed by atoms with Gasteiger partial charge in [-0.15, -0.1) is 0 Å². The van der Waals surface area contributed by atoms with Crippen LogP contribution in [0, 0.1) is 10.8 Å². The summed E-state index contributed by atoms with van der Waals surface area (Å²) in [4.78, 5) is 13.2. The Labute approximate surface area is 91.5 Å². The van der Waals surface area contributed by atoms with Gasteiger partial charge in [-0.25, -0.2) is 0 Å². The van der Waals surface area contributed by atoms with Gasteiger partial charge in [0.15, 0.2) is 0 Å². The van der Waals surface area contributed by atoms with Crippen LogP contribution >= 0.6 is 0 Å². The van der Waals surface area contributed by atoms with E-state index in [0.717, 1.165) is 32.5 Å². The Bertz CT molecular complexity index is 261. The molecule has 0 bridgehead atoms. The van der Waals surface area contributed by atoms with Crippen molar-refractivity contribution < 1.29 is 9.90 Å². The Morgan fingerprint density at radius 1 is 1.33 bits per heavy atom. The summed E-state index contributed by atoms with van der Waals surface area (Å²) in [5.41, 5.74) is 0.566. The van der Waals surface area contributed by atoms with Crippen molar-refractivity contribution in [3.05, 3.63) is 0 Å². The molecule has 0 radical (unpaired) electrons. The molecular formula is C12H21NO2. The molecule has 1 aliphatic heterocycles. The topological polar surface area (TPSA) is 40.5 Å². The van der Waals surface area contributed by atoms with Gasteiger partial charge >= 0.3 is 5.97 Å². The minimum Gasteiger partial charge on any atom is -0.481 e. The highest BCUT2D eigenvalue weighted by Gasteiger charge is 2.44. The van der Waals surface area contributed by atoms with E-state index in [1.807, 2.05) is 0 Å². The van der Waals surface area contributed by atoms with Crippen molar-refractivity contribution in [2.24, 2.45) is 10.8 Å². The lowest BCUT2D eigenvalue weighted by Gasteiger charge is -2.52. The highest BCUT2D eigenvalue weighted by Crippen LogP contribution is 2.46. The van der Waals surface area contributed by atoms with Crippen LogP contribution in [0.1, 0.15) is 39.5 Å². The molecule has 0 aromatic carbocycles. The molecule has 0 spiro atoms. The molecule has 3 nitrogen and oxygen atoms in total. The predicted octanol–water partition coefficient (Wildman–Crippen LogP) is 1.97. The molecule has 0 aromatic heterocycles. The van der Waals surface area contributed by atoms with Gasteiger partial charge in [-0.2, -0.15) is 0 Å². The molecule has 15 heavy (non-hydrogen) atoms. The largest absolute Gasteiger partial charge is 0.481 e. The summed E-state index contributed by atoms with van der Waals surface area (Å²) in [6, 6.07) is 0. The standard InChI is InChI=1S/C12H21NO2/c1-11(2)7-13(8-11)9-12(4-3-5-12)6-10(14)15/h3-9H2,1-2H3,(H,14,15). The Morgan fingerprint density at radius 2 is 1.93 bits per heavy atom. The van der Waals surface area contributed by atoms with E-state index in [-0.39, 0.29) is 5.41 Å². The summed E-state index contributed by atoms with van der Waals surface area (Å²) in [6.07, 6.45) is 3.79. The van der Waals surface area contributed by atoms with Gasteiger partial charge in [0.1, 0.15) is 0 Å². The highest BCUT2D eigenvalue weighted by atomic mass is 16.4. The molecule has 1 heterocycles. The summed E-state index contributed by atoms with van der Waals surface area (Å²) < 4.78 is 0. The zero-order chi connectivity index (χ0) is 11.1. The van der Waals surface area contributed by atoms with Crippen molar-refractivity contribution in [1.29, 1.82) is 0 Å². The second kappa shape index (κ2) is 3.48. The molecule has 1 saturated heterocycles. The van der Waals surface area contributed by atoms with Crippen LogP contribution in [-0.4, -0.2) is 35.6 Å². The monoisotopic (exact) mass is 211 g/mol. The van der Waals surface area contributed by atoms with Gasteiger partial charge in [-0.05, 0) is 23.7 Å². The summed E-state index contributed by atoms with van der Waals surface area (Å²) in [7, 11) is 0. The number of carboxylic acids is 1. The average molecular weight is 211 g/mol. The van der Waals surface area contributed by atoms with E-state index >= 15 is 0 Å². The third-order valence-electron chi connectivity index (χ3n) is 3.80. The summed E-state index contributed by atoms with van der Waals surface area (Å²) in [5, 5.41) is 8.90. The van der Waals surface area contributed by atoms with Crippen molar-refractivity contribution in [2.75, 3.05) is 19.6 Å². The lowest BCUT2D eigenvalue weighted by Crippen LogP contribution is -2.57. The van der Waals surface area contributed by atoms with E-state index < -0.39 is 5.97 Å². The molecule has 86 valence electrons. The number of hydrogen-bond acceptors (Lipinski definition) is 2. The first-order valence-electron chi connectivity index (χ1n) is 5.85. The second-order valence-electron chi connectivity index (χ2n) is 6.23. The zero-order valence-electron chi connectivity index (χ0n) is 9.75. The van der Waals surface area contributed by atoms with Gasteiger partial charge in [-0.1, -0.05) is 20.3 Å². The van der Waals surface area contributed by atoms with Crippen molar-refractivity contribution in [3.63, 3.8) is 0 Å². The van der Waals surface area contributed by atoms with Crippen LogP contribution in [-0.2, 0) is 4.79 Å². The maximum atomic E-state index is 10.8. The van der Waals surface area contributed by atoms with Gasteiger partial charge in [0.25, 0.3) is 0 Å². The lowest BCUT2D eigenvalue weighted by molar-refractivity contribution is -0.143. The molecule has 1 N–H and O–H groups in total. The van der Waals surface area contributed by atoms with E-state index in [1.54, 1.807) is 0 Å². The number of carbonyl (C=O) groups is 1. The fourth-order valence-corrected chi connectivity index (χ4v) is 3.14. The normalized spacial score (nSPS) is 27.9. The Hall–Kier alpha value is -0.570. The molecule has 1 saturated carbocycles. The van der Waals surface area contributed by atoms with Crippen molar-refractivity contribution in [3.8, 4) is 0 Å². The third-order valence-corrected chi connectivity index (χ3v) is 3.80. The van der Waals surface area contributed by atoms with Crippen LogP contribution < -0.4 is 0 Å². The van der Waals surface area contributed by atoms with E-state index in [4.69, 9.17) is 5.11 Å². The number of aliphatic carboxylic acids is 1. The van der Waals surface area contributed by atoms with Gasteiger partial charge in [-0.3, -0.25) is 4.79 Å². The molecule has 3 heteroatoms. The van der Waals surface area contributed by atoms with E-state index in [1.165, 1.54) is 6.42 Å². The van der Waals surface area contributed by atoms with Gasteiger partial charge in [0, 0.05) is 19.6 Å². The number of rotatable bonds is 4. The van der Waals surface area contributed by atoms with Gasteiger partial charge in [0.05, 0.1) is 6.42 Å². The van der Waals surface area contributed by atoms with Gasteiger partial charge in [0.2, 0.25) is 0 Å². The summed E-state index contributed by atoms with van der Waals surface area (Å²) in [5.74, 6) is -0.630. The van der Waals surface area contributed by atoms with Crippen molar-refractivity contribution in [2.45, 2.75) is 39.5 Å². The minimum absolute atomic E-state index is 0.113. The van der Waals surface area contributed by atoms with Crippen LogP contribution in [0.3, 0.4) is 0 Å². The van der Waals surface area contributed by atoms with Gasteiger partial charge < -0.3 is 10.0 Å². The fourth-order valence-electron chi connectivity index (χ4n) is 3.14. The SMILES string of the molecule is CC1(C)CN(CC2(CC(=O)O)CCC2)C1. The molecule has 0 atom stereocenters. The zero-order valence-corrected chi connectivity index (χ0v) is 9.75. The smallest absolute Gasteiger partial charge is 0.303 e. The summed E-state index contributed by atoms with van der Waals surface area (Å²) >= 11 is 0. The Kier molecular flexibility index (Phi) is 2.53. The number of carboxylic acid groups (broad SMARTS) is 1. The second-order valence-corrected chi connectivity index (χ2v) is 6.23. The molecule has 0 unspecified atom stereocenters. The Morgan fingerprint density at radius 3 is 2.27 bits per heavy atom. The first-order chi connectivity index (χ1) is 6.91. The van der Waals surface area contributed by atoms with Crippen LogP contribution in [0.4, 0.5) is 0 Å². The molecular weight excluding hydrogens is 190 g/mol. The van der Waals surface area contributed by atoms with Crippen LogP contribution in [0.5, 0.6) is 0 Å². The molecule has 1 aliphatic carbocycles. The molecule has 0 amide bonds. The van der Waals surface area contributed by atoms with Crippen molar-refractivity contribution >= 4 is 5.97 Å². The maximum Gasteiger partial charge on any atom is 0.303 e. The number of nitrogens with zero attached hydrogens (tertiary/aromatic N) is 1. The lowest BCUT2D eigenvalue weighted by atomic mass is 9.65. The molecule has 2 fully saturated rings. The molecule has 0 aromatic rings. The average Bonchev–Trinajstić information content (AvgIpc) is 1.95. The van der Waals surface area contributed by atoms with E-state index in [9.17, 15) is 4.79 Å². The number of likely N-dealkylation sites (tertiary alicyclic amines) is 1. The molecule has 2 rings (SSSR count). The fraction of sp³-hybridized carbons (Fsp3) is 0.917. The predicted molar refractivity (Wildman–Crippen MR) is 58.8 cm³/mol. The van der Waals surface area contributed by atoms with E-state index in [0.29, 0.717) is 11.8 Å².